The summed E-state index contributed by atoms with van der Waals surface area (Å²) < 4.78 is 2.04. The molecule has 0 N–H and O–H groups in total. The average molecular weight is 230 g/mol. The Morgan fingerprint density at radius 3 is 3.00 bits per heavy atom. The second kappa shape index (κ2) is 4.04. The summed E-state index contributed by atoms with van der Waals surface area (Å²) in [5.41, 5.74) is 2.30. The number of likely N-dealkylation sites (N-methyl/N-ethyl adjacent to an activating group) is 1. The van der Waals surface area contributed by atoms with Gasteiger partial charge in [-0.25, -0.2) is 4.98 Å². The molecule has 2 aromatic heterocycles. The predicted molar refractivity (Wildman–Crippen MR) is 69.5 cm³/mol. The SMILES string of the molecule is CC1CN(c2ccn3ccnc3c2)CCN1C. The molecule has 17 heavy (non-hydrogen) atoms. The number of aromatic nitrogens is 2. The summed E-state index contributed by atoms with van der Waals surface area (Å²) in [5, 5.41) is 0. The molecule has 2 aromatic rings. The lowest BCUT2D eigenvalue weighted by atomic mass is 10.2. The Labute approximate surface area is 101 Å². The number of hydrogen-bond donors (Lipinski definition) is 0. The first kappa shape index (κ1) is 10.6. The lowest BCUT2D eigenvalue weighted by Crippen LogP contribution is -2.50. The maximum absolute atomic E-state index is 4.33. The summed E-state index contributed by atoms with van der Waals surface area (Å²) in [4.78, 5) is 9.19. The molecule has 90 valence electrons. The number of fused-ring (bicyclic) bond motifs is 1. The van der Waals surface area contributed by atoms with Gasteiger partial charge < -0.3 is 14.2 Å². The van der Waals surface area contributed by atoms with Crippen molar-refractivity contribution >= 4 is 11.3 Å². The molecule has 1 fully saturated rings. The topological polar surface area (TPSA) is 23.8 Å². The summed E-state index contributed by atoms with van der Waals surface area (Å²) in [6, 6.07) is 4.95. The van der Waals surface area contributed by atoms with Crippen LogP contribution in [0.3, 0.4) is 0 Å². The quantitative estimate of drug-likeness (QED) is 0.741. The Morgan fingerprint density at radius 1 is 1.29 bits per heavy atom. The van der Waals surface area contributed by atoms with Gasteiger partial charge in [0.05, 0.1) is 0 Å². The summed E-state index contributed by atoms with van der Waals surface area (Å²) >= 11 is 0. The van der Waals surface area contributed by atoms with Crippen LogP contribution in [0, 0.1) is 0 Å². The molecule has 3 heterocycles. The van der Waals surface area contributed by atoms with Gasteiger partial charge in [-0.05, 0) is 20.0 Å². The van der Waals surface area contributed by atoms with E-state index in [1.54, 1.807) is 0 Å². The molecule has 4 nitrogen and oxygen atoms in total. The molecule has 1 aliphatic rings. The monoisotopic (exact) mass is 230 g/mol. The van der Waals surface area contributed by atoms with Crippen LogP contribution >= 0.6 is 0 Å². The second-order valence-electron chi connectivity index (χ2n) is 4.85. The zero-order chi connectivity index (χ0) is 11.8. The molecule has 1 aliphatic heterocycles. The molecule has 1 saturated heterocycles. The van der Waals surface area contributed by atoms with E-state index in [1.165, 1.54) is 5.69 Å². The van der Waals surface area contributed by atoms with Crippen molar-refractivity contribution in [1.29, 1.82) is 0 Å². The van der Waals surface area contributed by atoms with E-state index in [-0.39, 0.29) is 0 Å². The van der Waals surface area contributed by atoms with Gasteiger partial charge in [0.15, 0.2) is 0 Å². The van der Waals surface area contributed by atoms with Crippen LogP contribution in [0.1, 0.15) is 6.92 Å². The van der Waals surface area contributed by atoms with Crippen molar-refractivity contribution in [2.45, 2.75) is 13.0 Å². The Balaban J connectivity index is 1.88. The van der Waals surface area contributed by atoms with Gasteiger partial charge in [-0.15, -0.1) is 0 Å². The van der Waals surface area contributed by atoms with Crippen molar-refractivity contribution in [3.63, 3.8) is 0 Å². The minimum Gasteiger partial charge on any atom is -0.369 e. The van der Waals surface area contributed by atoms with E-state index in [4.69, 9.17) is 0 Å². The van der Waals surface area contributed by atoms with Gasteiger partial charge in [0, 0.05) is 56.0 Å². The third-order valence-corrected chi connectivity index (χ3v) is 3.71. The van der Waals surface area contributed by atoms with Crippen molar-refractivity contribution in [3.05, 3.63) is 30.7 Å². The van der Waals surface area contributed by atoms with Crippen LogP contribution in [0.4, 0.5) is 5.69 Å². The number of pyridine rings is 1. The first-order valence-corrected chi connectivity index (χ1v) is 6.12. The van der Waals surface area contributed by atoms with Crippen molar-refractivity contribution in [3.8, 4) is 0 Å². The number of hydrogen-bond acceptors (Lipinski definition) is 3. The van der Waals surface area contributed by atoms with Crippen LogP contribution < -0.4 is 4.90 Å². The average Bonchev–Trinajstić information content (AvgIpc) is 2.79. The zero-order valence-electron chi connectivity index (χ0n) is 10.4. The van der Waals surface area contributed by atoms with E-state index in [1.807, 2.05) is 16.8 Å². The number of piperazine rings is 1. The molecule has 0 bridgehead atoms. The minimum atomic E-state index is 0.611. The molecule has 1 atom stereocenters. The smallest absolute Gasteiger partial charge is 0.138 e. The Morgan fingerprint density at radius 2 is 2.18 bits per heavy atom. The summed E-state index contributed by atoms with van der Waals surface area (Å²) in [5.74, 6) is 0. The molecule has 0 radical (unpaired) electrons. The molecule has 0 amide bonds. The maximum Gasteiger partial charge on any atom is 0.138 e. The highest BCUT2D eigenvalue weighted by Gasteiger charge is 2.20. The first-order chi connectivity index (χ1) is 8.24. The van der Waals surface area contributed by atoms with Crippen LogP contribution in [0.15, 0.2) is 30.7 Å². The lowest BCUT2D eigenvalue weighted by molar-refractivity contribution is 0.234. The third-order valence-electron chi connectivity index (χ3n) is 3.71. The zero-order valence-corrected chi connectivity index (χ0v) is 10.4. The fraction of sp³-hybridized carbons (Fsp3) is 0.462. The summed E-state index contributed by atoms with van der Waals surface area (Å²) in [7, 11) is 2.19. The van der Waals surface area contributed by atoms with Crippen molar-refractivity contribution in [1.82, 2.24) is 14.3 Å². The van der Waals surface area contributed by atoms with E-state index in [0.717, 1.165) is 25.3 Å². The number of rotatable bonds is 1. The highest BCUT2D eigenvalue weighted by Crippen LogP contribution is 2.19. The molecule has 3 rings (SSSR count). The van der Waals surface area contributed by atoms with E-state index in [2.05, 4.69) is 47.1 Å². The Hall–Kier alpha value is -1.55. The lowest BCUT2D eigenvalue weighted by Gasteiger charge is -2.39. The number of imidazole rings is 1. The van der Waals surface area contributed by atoms with E-state index >= 15 is 0 Å². The molecular formula is C13H18N4. The molecular weight excluding hydrogens is 212 g/mol. The van der Waals surface area contributed by atoms with Crippen LogP contribution in [-0.4, -0.2) is 47.0 Å². The fourth-order valence-electron chi connectivity index (χ4n) is 2.38. The maximum atomic E-state index is 4.33. The van der Waals surface area contributed by atoms with Crippen LogP contribution in [-0.2, 0) is 0 Å². The normalized spacial score (nSPS) is 22.2. The molecule has 0 aromatic carbocycles. The number of nitrogens with zero attached hydrogens (tertiary/aromatic N) is 4. The van der Waals surface area contributed by atoms with E-state index in [0.29, 0.717) is 6.04 Å². The highest BCUT2D eigenvalue weighted by atomic mass is 15.3. The largest absolute Gasteiger partial charge is 0.369 e. The van der Waals surface area contributed by atoms with Gasteiger partial charge in [0.2, 0.25) is 0 Å². The van der Waals surface area contributed by atoms with Gasteiger partial charge >= 0.3 is 0 Å². The van der Waals surface area contributed by atoms with E-state index in [9.17, 15) is 0 Å². The van der Waals surface area contributed by atoms with Gasteiger partial charge in [0.1, 0.15) is 5.65 Å². The predicted octanol–water partition coefficient (Wildman–Crippen LogP) is 1.47. The second-order valence-corrected chi connectivity index (χ2v) is 4.85. The molecule has 4 heteroatoms. The van der Waals surface area contributed by atoms with E-state index < -0.39 is 0 Å². The van der Waals surface area contributed by atoms with Crippen molar-refractivity contribution in [2.75, 3.05) is 31.6 Å². The van der Waals surface area contributed by atoms with Crippen LogP contribution in [0.2, 0.25) is 0 Å². The highest BCUT2D eigenvalue weighted by molar-refractivity contribution is 5.56. The van der Waals surface area contributed by atoms with Gasteiger partial charge in [-0.2, -0.15) is 0 Å². The molecule has 1 unspecified atom stereocenters. The fourth-order valence-corrected chi connectivity index (χ4v) is 2.38. The summed E-state index contributed by atoms with van der Waals surface area (Å²) in [6.07, 6.45) is 5.90. The molecule has 0 aliphatic carbocycles. The third kappa shape index (κ3) is 1.89. The Kier molecular flexibility index (Phi) is 2.52. The van der Waals surface area contributed by atoms with Crippen molar-refractivity contribution < 1.29 is 0 Å². The van der Waals surface area contributed by atoms with Gasteiger partial charge in [-0.3, -0.25) is 0 Å². The Bertz CT molecular complexity index is 519. The minimum absolute atomic E-state index is 0.611. The number of anilines is 1. The van der Waals surface area contributed by atoms with Crippen molar-refractivity contribution in [2.24, 2.45) is 0 Å². The van der Waals surface area contributed by atoms with Crippen LogP contribution in [0.5, 0.6) is 0 Å². The first-order valence-electron chi connectivity index (χ1n) is 6.12. The van der Waals surface area contributed by atoms with Gasteiger partial charge in [0.25, 0.3) is 0 Å². The summed E-state index contributed by atoms with van der Waals surface area (Å²) in [6.45, 7) is 5.59. The molecule has 0 saturated carbocycles. The van der Waals surface area contributed by atoms with Crippen LogP contribution in [0.25, 0.3) is 5.65 Å². The standard InChI is InChI=1S/C13H18N4/c1-11-10-17(8-7-15(11)2)12-3-5-16-6-4-14-13(16)9-12/h3-6,9,11H,7-8,10H2,1-2H3. The molecule has 0 spiro atoms. The van der Waals surface area contributed by atoms with Gasteiger partial charge in [-0.1, -0.05) is 0 Å².